The fourth-order valence-electron chi connectivity index (χ4n) is 2.98. The molecule has 0 bridgehead atoms. The number of nitrogens with zero attached hydrogens (tertiary/aromatic N) is 1. The van der Waals surface area contributed by atoms with Crippen molar-refractivity contribution in [3.05, 3.63) is 102 Å². The molecule has 1 amide bonds. The van der Waals surface area contributed by atoms with Gasteiger partial charge in [0.05, 0.1) is 21.5 Å². The summed E-state index contributed by atoms with van der Waals surface area (Å²) in [4.78, 5) is 16.4. The van der Waals surface area contributed by atoms with E-state index in [2.05, 4.69) is 26.2 Å². The number of amides is 1. The number of allylic oxidation sites excluding steroid dienone is 1. The van der Waals surface area contributed by atoms with Crippen molar-refractivity contribution in [3.63, 3.8) is 0 Å². The lowest BCUT2D eigenvalue weighted by atomic mass is 9.96. The molecule has 0 saturated carbocycles. The van der Waals surface area contributed by atoms with Crippen LogP contribution in [0.2, 0.25) is 15.2 Å². The third-order valence-corrected chi connectivity index (χ3v) is 6.11. The molecule has 1 N–H and O–H groups in total. The molecule has 1 heterocycles. The van der Waals surface area contributed by atoms with Gasteiger partial charge in [0.2, 0.25) is 0 Å². The lowest BCUT2D eigenvalue weighted by molar-refractivity contribution is -0.139. The summed E-state index contributed by atoms with van der Waals surface area (Å²) in [5.41, 5.74) is 1.14. The maximum Gasteiger partial charge on any atom is 0.399 e. The third-order valence-electron chi connectivity index (χ3n) is 4.68. The maximum atomic E-state index is 13.7. The molecule has 2 aromatic carbocycles. The largest absolute Gasteiger partial charge is 0.399 e. The number of benzene rings is 2. The number of aromatic nitrogens is 1. The standard InChI is InChI=1S/C23H14BrCl3F4N2O/c24-17-7-12(1-4-15(17)22(34)33-11-13-3-6-20(27)32-10-13)2-5-16(23(29,30)31)14-8-18(25)21(28)19(26)9-14/h1-10,16H,11H2,(H,33,34)/b5-2+. The highest BCUT2D eigenvalue weighted by Crippen LogP contribution is 2.39. The van der Waals surface area contributed by atoms with Gasteiger partial charge in [-0.25, -0.2) is 9.37 Å². The average Bonchev–Trinajstić information content (AvgIpc) is 2.76. The number of hydrogen-bond acceptors (Lipinski definition) is 2. The molecule has 0 aliphatic heterocycles. The van der Waals surface area contributed by atoms with Crippen molar-refractivity contribution < 1.29 is 22.4 Å². The summed E-state index contributed by atoms with van der Waals surface area (Å²) in [5.74, 6) is -3.44. The van der Waals surface area contributed by atoms with E-state index in [0.29, 0.717) is 20.8 Å². The quantitative estimate of drug-likeness (QED) is 0.177. The number of rotatable bonds is 6. The number of carbonyl (C=O) groups excluding carboxylic acids is 1. The van der Waals surface area contributed by atoms with Crippen LogP contribution in [0.1, 0.15) is 33.0 Å². The first-order valence-corrected chi connectivity index (χ1v) is 11.5. The van der Waals surface area contributed by atoms with Crippen molar-refractivity contribution in [1.82, 2.24) is 10.3 Å². The van der Waals surface area contributed by atoms with Crippen LogP contribution in [0.3, 0.4) is 0 Å². The second-order valence-electron chi connectivity index (χ2n) is 7.09. The molecule has 34 heavy (non-hydrogen) atoms. The number of carbonyl (C=O) groups is 1. The van der Waals surface area contributed by atoms with E-state index in [1.54, 1.807) is 12.1 Å². The van der Waals surface area contributed by atoms with Gasteiger partial charge in [-0.15, -0.1) is 0 Å². The van der Waals surface area contributed by atoms with Gasteiger partial charge in [0.25, 0.3) is 5.91 Å². The Morgan fingerprint density at radius 3 is 2.32 bits per heavy atom. The van der Waals surface area contributed by atoms with E-state index in [0.717, 1.165) is 23.8 Å². The number of nitrogens with one attached hydrogen (secondary N) is 1. The number of pyridine rings is 1. The van der Waals surface area contributed by atoms with Gasteiger partial charge < -0.3 is 5.32 Å². The molecule has 3 aromatic rings. The minimum absolute atomic E-state index is 0.215. The van der Waals surface area contributed by atoms with Crippen LogP contribution in [-0.4, -0.2) is 17.1 Å². The van der Waals surface area contributed by atoms with Crippen molar-refractivity contribution in [1.29, 1.82) is 0 Å². The molecule has 0 fully saturated rings. The number of halogens is 8. The van der Waals surface area contributed by atoms with Gasteiger partial charge in [-0.05, 0) is 63.0 Å². The van der Waals surface area contributed by atoms with E-state index in [4.69, 9.17) is 34.8 Å². The van der Waals surface area contributed by atoms with Crippen LogP contribution in [0.5, 0.6) is 0 Å². The summed E-state index contributed by atoms with van der Waals surface area (Å²) >= 11 is 20.3. The van der Waals surface area contributed by atoms with Crippen LogP contribution >= 0.6 is 50.7 Å². The first kappa shape index (κ1) is 26.5. The Morgan fingerprint density at radius 2 is 1.76 bits per heavy atom. The molecule has 1 unspecified atom stereocenters. The number of alkyl halides is 3. The van der Waals surface area contributed by atoms with Gasteiger partial charge in [-0.2, -0.15) is 13.2 Å². The van der Waals surface area contributed by atoms with Crippen molar-refractivity contribution in [2.75, 3.05) is 0 Å². The van der Waals surface area contributed by atoms with Crippen molar-refractivity contribution >= 4 is 62.7 Å². The SMILES string of the molecule is O=C(NCc1ccc(Cl)nc1)c1ccc(/C=C/C(c2cc(Cl)c(F)c(Cl)c2)C(F)(F)F)cc1Br. The lowest BCUT2D eigenvalue weighted by Gasteiger charge is -2.18. The monoisotopic (exact) mass is 594 g/mol. The van der Waals surface area contributed by atoms with Crippen LogP contribution in [0.4, 0.5) is 17.6 Å². The fourth-order valence-corrected chi connectivity index (χ4v) is 4.17. The molecule has 0 saturated heterocycles. The zero-order chi connectivity index (χ0) is 25.0. The van der Waals surface area contributed by atoms with Gasteiger partial charge >= 0.3 is 6.18 Å². The molecular weight excluding hydrogens is 583 g/mol. The first-order chi connectivity index (χ1) is 16.0. The summed E-state index contributed by atoms with van der Waals surface area (Å²) < 4.78 is 55.0. The Balaban J connectivity index is 1.77. The highest BCUT2D eigenvalue weighted by molar-refractivity contribution is 9.10. The van der Waals surface area contributed by atoms with Crippen LogP contribution in [0.25, 0.3) is 6.08 Å². The van der Waals surface area contributed by atoms with E-state index in [1.807, 2.05) is 0 Å². The van der Waals surface area contributed by atoms with Crippen LogP contribution in [-0.2, 0) is 6.54 Å². The molecule has 3 nitrogen and oxygen atoms in total. The molecule has 0 aliphatic carbocycles. The Hall–Kier alpha value is -2.13. The summed E-state index contributed by atoms with van der Waals surface area (Å²) in [5, 5.41) is 2.06. The summed E-state index contributed by atoms with van der Waals surface area (Å²) in [6.45, 7) is 0.215. The van der Waals surface area contributed by atoms with Crippen molar-refractivity contribution in [2.24, 2.45) is 0 Å². The Kier molecular flexibility index (Phi) is 8.62. The molecule has 3 rings (SSSR count). The van der Waals surface area contributed by atoms with Gasteiger partial charge in [-0.3, -0.25) is 4.79 Å². The summed E-state index contributed by atoms with van der Waals surface area (Å²) in [6, 6.07) is 9.59. The molecular formula is C23H14BrCl3F4N2O. The van der Waals surface area contributed by atoms with E-state index in [-0.39, 0.29) is 18.0 Å². The molecule has 1 aromatic heterocycles. The van der Waals surface area contributed by atoms with Crippen LogP contribution in [0, 0.1) is 5.82 Å². The van der Waals surface area contributed by atoms with Crippen LogP contribution in [0.15, 0.2) is 59.2 Å². The molecule has 11 heteroatoms. The molecule has 0 aliphatic rings. The van der Waals surface area contributed by atoms with E-state index in [1.165, 1.54) is 30.5 Å². The Morgan fingerprint density at radius 1 is 1.09 bits per heavy atom. The average molecular weight is 597 g/mol. The number of hydrogen-bond donors (Lipinski definition) is 1. The summed E-state index contributed by atoms with van der Waals surface area (Å²) in [6.07, 6.45) is -0.983. The van der Waals surface area contributed by atoms with Crippen LogP contribution < -0.4 is 5.32 Å². The van der Waals surface area contributed by atoms with Crippen molar-refractivity contribution in [2.45, 2.75) is 18.6 Å². The third kappa shape index (κ3) is 6.72. The molecule has 0 spiro atoms. The highest BCUT2D eigenvalue weighted by Gasteiger charge is 2.39. The predicted molar refractivity (Wildman–Crippen MR) is 129 cm³/mol. The minimum atomic E-state index is -4.67. The molecule has 1 atom stereocenters. The first-order valence-electron chi connectivity index (χ1n) is 9.53. The van der Waals surface area contributed by atoms with E-state index >= 15 is 0 Å². The molecule has 178 valence electrons. The highest BCUT2D eigenvalue weighted by atomic mass is 79.9. The van der Waals surface area contributed by atoms with Gasteiger partial charge in [0.1, 0.15) is 5.15 Å². The normalized spacial score (nSPS) is 12.7. The second-order valence-corrected chi connectivity index (χ2v) is 9.14. The topological polar surface area (TPSA) is 42.0 Å². The van der Waals surface area contributed by atoms with Crippen molar-refractivity contribution in [3.8, 4) is 0 Å². The summed E-state index contributed by atoms with van der Waals surface area (Å²) in [7, 11) is 0. The second kappa shape index (κ2) is 11.1. The van der Waals surface area contributed by atoms with E-state index < -0.39 is 28.0 Å². The zero-order valence-electron chi connectivity index (χ0n) is 16.9. The molecule has 0 radical (unpaired) electrons. The van der Waals surface area contributed by atoms with Gasteiger partial charge in [0, 0.05) is 17.2 Å². The van der Waals surface area contributed by atoms with Gasteiger partial charge in [0.15, 0.2) is 5.82 Å². The maximum absolute atomic E-state index is 13.7. The fraction of sp³-hybridized carbons (Fsp3) is 0.130. The predicted octanol–water partition coefficient (Wildman–Crippen LogP) is 8.23. The smallest absolute Gasteiger partial charge is 0.348 e. The lowest BCUT2D eigenvalue weighted by Crippen LogP contribution is -2.23. The Labute approximate surface area is 215 Å². The van der Waals surface area contributed by atoms with Gasteiger partial charge in [-0.1, -0.05) is 59.1 Å². The Bertz CT molecular complexity index is 1210. The zero-order valence-corrected chi connectivity index (χ0v) is 20.8. The van der Waals surface area contributed by atoms with E-state index in [9.17, 15) is 22.4 Å². The minimum Gasteiger partial charge on any atom is -0.348 e.